The van der Waals surface area contributed by atoms with Crippen LogP contribution in [0.4, 0.5) is 0 Å². The molecule has 4 aliphatic rings. The number of fused-ring (bicyclic) bond motifs is 6. The van der Waals surface area contributed by atoms with Crippen molar-refractivity contribution in [3.8, 4) is 0 Å². The van der Waals surface area contributed by atoms with Crippen molar-refractivity contribution in [2.24, 2.45) is 35.5 Å². The van der Waals surface area contributed by atoms with Crippen LogP contribution in [0, 0.1) is 35.5 Å². The number of ketones is 1. The van der Waals surface area contributed by atoms with E-state index in [1.54, 1.807) is 20.3 Å². The largest absolute Gasteiger partial charge is 0.462 e. The molecule has 2 N–H and O–H groups in total. The van der Waals surface area contributed by atoms with Gasteiger partial charge in [0.2, 0.25) is 0 Å². The molecule has 0 aliphatic carbocycles. The normalized spacial score (nSPS) is 37.1. The van der Waals surface area contributed by atoms with Gasteiger partial charge in [-0.1, -0.05) is 118 Å². The zero-order valence-electron chi connectivity index (χ0n) is 43.9. The van der Waals surface area contributed by atoms with Crippen molar-refractivity contribution >= 4 is 29.7 Å². The number of aliphatic hydroxyl groups is 2. The summed E-state index contributed by atoms with van der Waals surface area (Å²) in [4.78, 5) is 64.0. The first kappa shape index (κ1) is 58.9. The molecule has 0 aromatic carbocycles. The number of carbonyl (C=O) groups is 5. The molecule has 4 heterocycles. The van der Waals surface area contributed by atoms with Crippen LogP contribution in [0.2, 0.25) is 0 Å². The Labute approximate surface area is 423 Å². The summed E-state index contributed by atoms with van der Waals surface area (Å²) in [6, 6.07) is 0. The monoisotopic (exact) mass is 989 g/mol. The Morgan fingerprint density at radius 1 is 0.676 bits per heavy atom. The first-order valence-corrected chi connectivity index (χ1v) is 25.9. The van der Waals surface area contributed by atoms with Crippen LogP contribution in [0.5, 0.6) is 0 Å². The predicted octanol–water partition coefficient (Wildman–Crippen LogP) is 9.87. The number of rotatable bonds is 3. The van der Waals surface area contributed by atoms with E-state index in [1.165, 1.54) is 12.2 Å². The summed E-state index contributed by atoms with van der Waals surface area (Å²) >= 11 is 0. The van der Waals surface area contributed by atoms with E-state index < -0.39 is 42.5 Å². The summed E-state index contributed by atoms with van der Waals surface area (Å²) in [6.07, 6.45) is 24.8. The van der Waals surface area contributed by atoms with Gasteiger partial charge in [-0.25, -0.2) is 9.59 Å². The Morgan fingerprint density at radius 3 is 2.13 bits per heavy atom. The fourth-order valence-corrected chi connectivity index (χ4v) is 9.94. The topological polar surface area (TPSA) is 181 Å². The summed E-state index contributed by atoms with van der Waals surface area (Å²) in [5, 5.41) is 22.1. The van der Waals surface area contributed by atoms with Crippen LogP contribution in [0.25, 0.3) is 0 Å². The van der Waals surface area contributed by atoms with Gasteiger partial charge in [0.05, 0.1) is 31.3 Å². The van der Waals surface area contributed by atoms with Gasteiger partial charge in [-0.2, -0.15) is 0 Å². The highest BCUT2D eigenvalue weighted by Gasteiger charge is 2.32. The second kappa shape index (κ2) is 30.4. The molecule has 0 saturated carbocycles. The summed E-state index contributed by atoms with van der Waals surface area (Å²) < 4.78 is 34.3. The third-order valence-electron chi connectivity index (χ3n) is 14.4. The fourth-order valence-electron chi connectivity index (χ4n) is 9.94. The molecule has 1 fully saturated rings. The fraction of sp³-hybridized carbons (Fsp3) is 0.638. The minimum atomic E-state index is -0.884. The van der Waals surface area contributed by atoms with Crippen LogP contribution in [-0.4, -0.2) is 103 Å². The van der Waals surface area contributed by atoms with Gasteiger partial charge in [0, 0.05) is 83.7 Å². The number of esters is 4. The SMILES string of the molecule is COCC1C/C(C)=C\C2OC(=O)C=C(C/C=C/C(O)CC(O)C(C)C(C)CCC(C)C(OC)CC3CC(=CC(=O)O3)CC(=O)C/C=C\C=C\CC3CC(=O)OC(C/C(C)=C\C=C\C(C)CC(=O)O1)C3)C2C. The Balaban J connectivity index is 1.45. The molecule has 0 aromatic rings. The van der Waals surface area contributed by atoms with Crippen molar-refractivity contribution < 1.29 is 62.6 Å². The van der Waals surface area contributed by atoms with Crippen molar-refractivity contribution in [3.05, 3.63) is 95.2 Å². The van der Waals surface area contributed by atoms with Gasteiger partial charge in [-0.05, 0) is 75.2 Å². The number of methoxy groups -OCH3 is 2. The lowest BCUT2D eigenvalue weighted by Crippen LogP contribution is -2.32. The molecule has 0 aromatic heterocycles. The van der Waals surface area contributed by atoms with Crippen LogP contribution >= 0.6 is 0 Å². The molecule has 6 bridgehead atoms. The number of allylic oxidation sites excluding steroid dienone is 8. The highest BCUT2D eigenvalue weighted by atomic mass is 16.6. The van der Waals surface area contributed by atoms with Crippen LogP contribution in [0.1, 0.15) is 138 Å². The van der Waals surface area contributed by atoms with Crippen molar-refractivity contribution in [3.63, 3.8) is 0 Å². The Morgan fingerprint density at radius 2 is 1.38 bits per heavy atom. The molecule has 4 rings (SSSR count). The van der Waals surface area contributed by atoms with Gasteiger partial charge < -0.3 is 38.6 Å². The summed E-state index contributed by atoms with van der Waals surface area (Å²) in [5.74, 6) is -1.39. The first-order valence-electron chi connectivity index (χ1n) is 25.9. The highest BCUT2D eigenvalue weighted by molar-refractivity contribution is 5.88. The van der Waals surface area contributed by atoms with E-state index in [4.69, 9.17) is 28.4 Å². The zero-order valence-corrected chi connectivity index (χ0v) is 43.9. The highest BCUT2D eigenvalue weighted by Crippen LogP contribution is 2.32. The molecule has 13 unspecified atom stereocenters. The third-order valence-corrected chi connectivity index (χ3v) is 14.4. The van der Waals surface area contributed by atoms with Crippen molar-refractivity contribution in [1.82, 2.24) is 0 Å². The molecule has 71 heavy (non-hydrogen) atoms. The van der Waals surface area contributed by atoms with E-state index >= 15 is 0 Å². The van der Waals surface area contributed by atoms with Gasteiger partial charge >= 0.3 is 23.9 Å². The van der Waals surface area contributed by atoms with E-state index in [0.29, 0.717) is 44.9 Å². The Hall–Kier alpha value is -4.69. The molecule has 13 nitrogen and oxygen atoms in total. The molecule has 13 heteroatoms. The lowest BCUT2D eigenvalue weighted by Gasteiger charge is -2.31. The van der Waals surface area contributed by atoms with E-state index in [9.17, 15) is 34.2 Å². The molecular weight excluding hydrogens is 905 g/mol. The Bertz CT molecular complexity index is 2020. The zero-order chi connectivity index (χ0) is 52.0. The minimum Gasteiger partial charge on any atom is -0.462 e. The molecule has 394 valence electrons. The predicted molar refractivity (Wildman–Crippen MR) is 273 cm³/mol. The average Bonchev–Trinajstić information content (AvgIpc) is 3.28. The number of aliphatic hydroxyl groups excluding tert-OH is 2. The average molecular weight is 989 g/mol. The lowest BCUT2D eigenvalue weighted by atomic mass is 9.82. The number of cyclic esters (lactones) is 1. The summed E-state index contributed by atoms with van der Waals surface area (Å²) in [5.41, 5.74) is 3.54. The molecule has 1 saturated heterocycles. The maximum Gasteiger partial charge on any atom is 0.331 e. The van der Waals surface area contributed by atoms with Crippen LogP contribution in [0.15, 0.2) is 95.2 Å². The van der Waals surface area contributed by atoms with Gasteiger partial charge in [0.25, 0.3) is 0 Å². The number of hydrogen-bond donors (Lipinski definition) is 2. The quantitative estimate of drug-likeness (QED) is 0.155. The van der Waals surface area contributed by atoms with Crippen molar-refractivity contribution in [2.45, 2.75) is 181 Å². The number of ether oxygens (including phenoxy) is 6. The maximum atomic E-state index is 13.1. The molecule has 13 atom stereocenters. The maximum absolute atomic E-state index is 13.1. The van der Waals surface area contributed by atoms with Crippen molar-refractivity contribution in [1.29, 1.82) is 0 Å². The molecular formula is C58H84O13. The Kier molecular flexibility index (Phi) is 25.2. The number of hydrogen-bond acceptors (Lipinski definition) is 13. The summed E-state index contributed by atoms with van der Waals surface area (Å²) in [7, 11) is 3.22. The second-order valence-corrected chi connectivity index (χ2v) is 20.9. The van der Waals surface area contributed by atoms with E-state index in [-0.39, 0.29) is 97.7 Å². The van der Waals surface area contributed by atoms with Crippen LogP contribution in [0.3, 0.4) is 0 Å². The second-order valence-electron chi connectivity index (χ2n) is 20.9. The minimum absolute atomic E-state index is 0.000643. The first-order chi connectivity index (χ1) is 33.8. The van der Waals surface area contributed by atoms with Gasteiger partial charge in [-0.15, -0.1) is 0 Å². The third kappa shape index (κ3) is 21.5. The molecule has 0 spiro atoms. The molecule has 0 amide bonds. The van der Waals surface area contributed by atoms with Gasteiger partial charge in [0.1, 0.15) is 30.2 Å². The van der Waals surface area contributed by atoms with Crippen LogP contribution < -0.4 is 0 Å². The van der Waals surface area contributed by atoms with Crippen LogP contribution in [-0.2, 0) is 52.4 Å². The van der Waals surface area contributed by atoms with Gasteiger partial charge in [0.15, 0.2) is 0 Å². The standard InChI is InChI=1S/C58H84O13/c1-37-16-14-17-38(2)27-55(62)70-51(36-66-8)25-39(3)26-54-43(7)46(33-58(65)71-54)19-15-21-48(60)34-52(61)42(6)40(4)22-23-41(5)53(67-9)35-50-30-45(32-57(64)69-50)28-47(59)20-13-11-10-12-18-44-29-49(24-37)68-56(63)31-44/h10-17,21,26,32-33,38,40-44,48-54,60-61H,18-20,22-25,27-31,34-36H2,1-9H3/b12-10+,13-11-,17-14+,21-15+,37-16-,39-26-. The number of carbonyl (C=O) groups excluding carboxylic acids is 5. The van der Waals surface area contributed by atoms with E-state index in [0.717, 1.165) is 41.6 Å². The van der Waals surface area contributed by atoms with Gasteiger partial charge in [-0.3, -0.25) is 14.4 Å². The summed E-state index contributed by atoms with van der Waals surface area (Å²) in [6.45, 7) is 14.3. The van der Waals surface area contributed by atoms with E-state index in [2.05, 4.69) is 13.8 Å². The van der Waals surface area contributed by atoms with Crippen molar-refractivity contribution in [2.75, 3.05) is 20.8 Å². The smallest absolute Gasteiger partial charge is 0.331 e. The lowest BCUT2D eigenvalue weighted by molar-refractivity contribution is -0.156. The van der Waals surface area contributed by atoms with E-state index in [1.807, 2.05) is 89.3 Å². The number of Topliss-reactive ketones (excluding diaryl/α,β-unsaturated/α-hetero) is 1. The molecule has 4 aliphatic heterocycles. The molecule has 0 radical (unpaired) electrons.